The molecule has 1 aliphatic rings. The van der Waals surface area contributed by atoms with E-state index >= 15 is 0 Å². The number of rotatable bonds is 7. The highest BCUT2D eigenvalue weighted by molar-refractivity contribution is 7.18. The Kier molecular flexibility index (Phi) is 7.93. The van der Waals surface area contributed by atoms with Crippen LogP contribution >= 0.6 is 11.3 Å². The van der Waals surface area contributed by atoms with E-state index in [1.807, 2.05) is 24.3 Å². The van der Waals surface area contributed by atoms with Gasteiger partial charge in [0.2, 0.25) is 5.91 Å². The number of hydrogen-bond donors (Lipinski definition) is 1. The van der Waals surface area contributed by atoms with Crippen molar-refractivity contribution in [3.63, 3.8) is 0 Å². The Hall–Kier alpha value is -3.11. The molecule has 1 aromatic heterocycles. The van der Waals surface area contributed by atoms with Gasteiger partial charge in [0, 0.05) is 46.0 Å². The van der Waals surface area contributed by atoms with E-state index in [9.17, 15) is 14.4 Å². The number of methoxy groups -OCH3 is 2. The fourth-order valence-corrected chi connectivity index (χ4v) is 4.92. The van der Waals surface area contributed by atoms with Crippen molar-refractivity contribution >= 4 is 39.8 Å². The van der Waals surface area contributed by atoms with Crippen LogP contribution in [0.4, 0.5) is 10.7 Å². The van der Waals surface area contributed by atoms with Gasteiger partial charge in [0.05, 0.1) is 31.2 Å². The lowest BCUT2D eigenvalue weighted by Crippen LogP contribution is -2.48. The monoisotopic (exact) mass is 474 g/mol. The third-order valence-electron chi connectivity index (χ3n) is 5.57. The second-order valence-corrected chi connectivity index (χ2v) is 8.98. The van der Waals surface area contributed by atoms with E-state index < -0.39 is 5.97 Å². The van der Waals surface area contributed by atoms with Crippen molar-refractivity contribution in [2.45, 2.75) is 6.92 Å². The molecule has 2 heterocycles. The largest absolute Gasteiger partial charge is 0.497 e. The lowest BCUT2D eigenvalue weighted by atomic mass is 10.1. The Balaban J connectivity index is 1.63. The summed E-state index contributed by atoms with van der Waals surface area (Å²) in [6.45, 7) is 4.95. The Morgan fingerprint density at radius 2 is 1.70 bits per heavy atom. The number of nitrogens with zero attached hydrogens (tertiary/aromatic N) is 3. The zero-order valence-electron chi connectivity index (χ0n) is 19.6. The predicted octanol–water partition coefficient (Wildman–Crippen LogP) is 2.31. The first-order valence-corrected chi connectivity index (χ1v) is 11.4. The normalized spacial score (nSPS) is 14.0. The predicted molar refractivity (Wildman–Crippen MR) is 129 cm³/mol. The van der Waals surface area contributed by atoms with Gasteiger partial charge in [-0.15, -0.1) is 11.3 Å². The van der Waals surface area contributed by atoms with Gasteiger partial charge in [-0.25, -0.2) is 4.79 Å². The maximum absolute atomic E-state index is 12.8. The second-order valence-electron chi connectivity index (χ2n) is 7.96. The molecule has 0 saturated carbocycles. The molecule has 0 radical (unpaired) electrons. The van der Waals surface area contributed by atoms with Gasteiger partial charge in [-0.1, -0.05) is 0 Å². The molecule has 1 aliphatic heterocycles. The summed E-state index contributed by atoms with van der Waals surface area (Å²) in [7, 11) is 6.21. The summed E-state index contributed by atoms with van der Waals surface area (Å²) in [5.41, 5.74) is 1.86. The third-order valence-corrected chi connectivity index (χ3v) is 6.76. The molecule has 178 valence electrons. The SMILES string of the molecule is COC(=O)c1c(NC(=O)CN2CCN(c3ccc(OC)cc3)CC2)sc(C(=O)N(C)C)c1C. The Labute approximate surface area is 197 Å². The number of carbonyl (C=O) groups excluding carboxylic acids is 3. The topological polar surface area (TPSA) is 91.4 Å². The van der Waals surface area contributed by atoms with Gasteiger partial charge in [-0.2, -0.15) is 0 Å². The summed E-state index contributed by atoms with van der Waals surface area (Å²) < 4.78 is 10.1. The van der Waals surface area contributed by atoms with Crippen LogP contribution in [-0.4, -0.2) is 88.6 Å². The van der Waals surface area contributed by atoms with Crippen molar-refractivity contribution in [3.05, 3.63) is 40.3 Å². The van der Waals surface area contributed by atoms with Gasteiger partial charge in [0.15, 0.2) is 0 Å². The van der Waals surface area contributed by atoms with E-state index in [4.69, 9.17) is 9.47 Å². The molecular formula is C23H30N4O5S. The van der Waals surface area contributed by atoms with E-state index in [1.165, 1.54) is 12.0 Å². The fourth-order valence-electron chi connectivity index (χ4n) is 3.68. The van der Waals surface area contributed by atoms with E-state index in [0.29, 0.717) is 15.4 Å². The number of esters is 1. The number of carbonyl (C=O) groups is 3. The van der Waals surface area contributed by atoms with Crippen LogP contribution in [0, 0.1) is 6.92 Å². The molecule has 2 aromatic rings. The smallest absolute Gasteiger partial charge is 0.341 e. The average molecular weight is 475 g/mol. The van der Waals surface area contributed by atoms with Crippen LogP contribution in [0.1, 0.15) is 25.6 Å². The number of ether oxygens (including phenoxy) is 2. The Bertz CT molecular complexity index is 1010. The molecule has 1 saturated heterocycles. The molecule has 0 aliphatic carbocycles. The lowest BCUT2D eigenvalue weighted by molar-refractivity contribution is -0.117. The maximum atomic E-state index is 12.8. The van der Waals surface area contributed by atoms with E-state index in [2.05, 4.69) is 15.1 Å². The third kappa shape index (κ3) is 5.63. The first kappa shape index (κ1) is 24.5. The lowest BCUT2D eigenvalue weighted by Gasteiger charge is -2.35. The zero-order valence-corrected chi connectivity index (χ0v) is 20.5. The number of benzene rings is 1. The maximum Gasteiger partial charge on any atom is 0.341 e. The minimum atomic E-state index is -0.579. The molecule has 0 bridgehead atoms. The van der Waals surface area contributed by atoms with Crippen LogP contribution in [0.15, 0.2) is 24.3 Å². The van der Waals surface area contributed by atoms with Gasteiger partial charge in [0.1, 0.15) is 10.8 Å². The van der Waals surface area contributed by atoms with Crippen molar-refractivity contribution in [2.75, 3.05) is 71.3 Å². The summed E-state index contributed by atoms with van der Waals surface area (Å²) in [5.74, 6) is -0.217. The van der Waals surface area contributed by atoms with Crippen molar-refractivity contribution < 1.29 is 23.9 Å². The molecule has 0 atom stereocenters. The highest BCUT2D eigenvalue weighted by Crippen LogP contribution is 2.34. The summed E-state index contributed by atoms with van der Waals surface area (Å²) in [5, 5.41) is 3.16. The molecule has 9 nitrogen and oxygen atoms in total. The van der Waals surface area contributed by atoms with E-state index in [-0.39, 0.29) is 23.9 Å². The number of piperazine rings is 1. The molecule has 1 N–H and O–H groups in total. The molecular weight excluding hydrogens is 444 g/mol. The van der Waals surface area contributed by atoms with Crippen molar-refractivity contribution in [3.8, 4) is 5.75 Å². The molecule has 1 fully saturated rings. The first-order valence-electron chi connectivity index (χ1n) is 10.6. The summed E-state index contributed by atoms with van der Waals surface area (Å²) >= 11 is 1.10. The zero-order chi connectivity index (χ0) is 24.1. The molecule has 3 rings (SSSR count). The first-order chi connectivity index (χ1) is 15.7. The van der Waals surface area contributed by atoms with Crippen LogP contribution in [0.3, 0.4) is 0 Å². The Morgan fingerprint density at radius 3 is 2.24 bits per heavy atom. The highest BCUT2D eigenvalue weighted by atomic mass is 32.1. The van der Waals surface area contributed by atoms with Crippen LogP contribution in [-0.2, 0) is 9.53 Å². The number of nitrogens with one attached hydrogen (secondary N) is 1. The molecule has 0 unspecified atom stereocenters. The minimum absolute atomic E-state index is 0.199. The van der Waals surface area contributed by atoms with Crippen LogP contribution in [0.5, 0.6) is 5.75 Å². The van der Waals surface area contributed by atoms with Gasteiger partial charge < -0.3 is 24.6 Å². The number of hydrogen-bond acceptors (Lipinski definition) is 8. The van der Waals surface area contributed by atoms with Crippen LogP contribution < -0.4 is 15.0 Å². The number of amides is 2. The molecule has 1 aromatic carbocycles. The van der Waals surface area contributed by atoms with Gasteiger partial charge >= 0.3 is 5.97 Å². The van der Waals surface area contributed by atoms with Crippen molar-refractivity contribution in [1.29, 1.82) is 0 Å². The van der Waals surface area contributed by atoms with Crippen LogP contribution in [0.2, 0.25) is 0 Å². The molecule has 33 heavy (non-hydrogen) atoms. The Morgan fingerprint density at radius 1 is 1.06 bits per heavy atom. The molecule has 10 heteroatoms. The van der Waals surface area contributed by atoms with Crippen LogP contribution in [0.25, 0.3) is 0 Å². The van der Waals surface area contributed by atoms with E-state index in [1.54, 1.807) is 28.1 Å². The molecule has 0 spiro atoms. The van der Waals surface area contributed by atoms with Gasteiger partial charge in [-0.3, -0.25) is 14.5 Å². The van der Waals surface area contributed by atoms with E-state index in [0.717, 1.165) is 49.0 Å². The number of thiophene rings is 1. The van der Waals surface area contributed by atoms with Crippen molar-refractivity contribution in [1.82, 2.24) is 9.80 Å². The minimum Gasteiger partial charge on any atom is -0.497 e. The highest BCUT2D eigenvalue weighted by Gasteiger charge is 2.27. The summed E-state index contributed by atoms with van der Waals surface area (Å²) in [6.07, 6.45) is 0. The average Bonchev–Trinajstić information content (AvgIpc) is 3.13. The van der Waals surface area contributed by atoms with Gasteiger partial charge in [0.25, 0.3) is 5.91 Å². The number of anilines is 2. The van der Waals surface area contributed by atoms with Crippen molar-refractivity contribution in [2.24, 2.45) is 0 Å². The standard InChI is InChI=1S/C23H30N4O5S/c1-15-19(23(30)32-5)21(33-20(15)22(29)25(2)3)24-18(28)14-26-10-12-27(13-11-26)16-6-8-17(31-4)9-7-16/h6-9H,10-14H2,1-5H3,(H,24,28). The quantitative estimate of drug-likeness (QED) is 0.616. The summed E-state index contributed by atoms with van der Waals surface area (Å²) in [4.78, 5) is 43.8. The second kappa shape index (κ2) is 10.7. The summed E-state index contributed by atoms with van der Waals surface area (Å²) in [6, 6.07) is 7.93. The fraction of sp³-hybridized carbons (Fsp3) is 0.435. The van der Waals surface area contributed by atoms with Gasteiger partial charge in [-0.05, 0) is 36.8 Å². The molecule has 2 amide bonds.